The smallest absolute Gasteiger partial charge is 0.0710 e. The highest BCUT2D eigenvalue weighted by atomic mass is 16.5. The van der Waals surface area contributed by atoms with Gasteiger partial charge in [0.2, 0.25) is 0 Å². The fraction of sp³-hybridized carbons (Fsp3) is 1.00. The first kappa shape index (κ1) is 9.96. The standard InChI is InChI=1S/C9H20N2O/c1-4-11-6-5-10-7-9(11)8(2)12-3/h8-10H,4-7H2,1-3H3. The second-order valence-electron chi connectivity index (χ2n) is 3.34. The summed E-state index contributed by atoms with van der Waals surface area (Å²) in [5.74, 6) is 0. The van der Waals surface area contributed by atoms with Crippen LogP contribution in [0, 0.1) is 0 Å². The van der Waals surface area contributed by atoms with Crippen LogP contribution in [0.25, 0.3) is 0 Å². The van der Waals surface area contributed by atoms with E-state index in [-0.39, 0.29) is 0 Å². The van der Waals surface area contributed by atoms with E-state index in [1.165, 1.54) is 0 Å². The molecule has 2 unspecified atom stereocenters. The molecule has 72 valence electrons. The molecule has 1 aliphatic heterocycles. The normalized spacial score (nSPS) is 28.8. The van der Waals surface area contributed by atoms with E-state index in [1.54, 1.807) is 7.11 Å². The SMILES string of the molecule is CCN1CCNCC1C(C)OC. The maximum atomic E-state index is 5.34. The van der Waals surface area contributed by atoms with E-state index in [2.05, 4.69) is 24.1 Å². The highest BCUT2D eigenvalue weighted by molar-refractivity contribution is 4.83. The fourth-order valence-corrected chi connectivity index (χ4v) is 1.78. The first-order valence-corrected chi connectivity index (χ1v) is 4.77. The summed E-state index contributed by atoms with van der Waals surface area (Å²) in [6.45, 7) is 8.79. The van der Waals surface area contributed by atoms with E-state index >= 15 is 0 Å². The van der Waals surface area contributed by atoms with Crippen LogP contribution >= 0.6 is 0 Å². The molecule has 3 heteroatoms. The van der Waals surface area contributed by atoms with Crippen LogP contribution < -0.4 is 5.32 Å². The highest BCUT2D eigenvalue weighted by Gasteiger charge is 2.25. The average molecular weight is 172 g/mol. The summed E-state index contributed by atoms with van der Waals surface area (Å²) in [6, 6.07) is 0.550. The molecule has 0 saturated carbocycles. The van der Waals surface area contributed by atoms with Crippen molar-refractivity contribution >= 4 is 0 Å². The number of hydrogen-bond donors (Lipinski definition) is 1. The van der Waals surface area contributed by atoms with E-state index in [1.807, 2.05) is 0 Å². The van der Waals surface area contributed by atoms with E-state index in [0.717, 1.165) is 26.2 Å². The van der Waals surface area contributed by atoms with E-state index < -0.39 is 0 Å². The second-order valence-corrected chi connectivity index (χ2v) is 3.34. The van der Waals surface area contributed by atoms with Crippen molar-refractivity contribution in [2.24, 2.45) is 0 Å². The molecule has 1 N–H and O–H groups in total. The quantitative estimate of drug-likeness (QED) is 0.663. The van der Waals surface area contributed by atoms with Crippen molar-refractivity contribution in [1.82, 2.24) is 10.2 Å². The molecule has 0 bridgehead atoms. The zero-order chi connectivity index (χ0) is 8.97. The van der Waals surface area contributed by atoms with Gasteiger partial charge < -0.3 is 10.1 Å². The molecule has 0 aromatic heterocycles. The Bertz CT molecular complexity index is 130. The van der Waals surface area contributed by atoms with Crippen molar-refractivity contribution in [3.05, 3.63) is 0 Å². The highest BCUT2D eigenvalue weighted by Crippen LogP contribution is 2.08. The monoisotopic (exact) mass is 172 g/mol. The third-order valence-corrected chi connectivity index (χ3v) is 2.72. The van der Waals surface area contributed by atoms with Crippen LogP contribution in [-0.2, 0) is 4.74 Å². The lowest BCUT2D eigenvalue weighted by molar-refractivity contribution is 0.0166. The van der Waals surface area contributed by atoms with Gasteiger partial charge in [-0.1, -0.05) is 6.92 Å². The lowest BCUT2D eigenvalue weighted by atomic mass is 10.1. The van der Waals surface area contributed by atoms with Gasteiger partial charge in [0.25, 0.3) is 0 Å². The molecule has 0 aromatic rings. The summed E-state index contributed by atoms with van der Waals surface area (Å²) in [5.41, 5.74) is 0. The van der Waals surface area contributed by atoms with Crippen LogP contribution in [0.5, 0.6) is 0 Å². The van der Waals surface area contributed by atoms with Gasteiger partial charge in [0.1, 0.15) is 0 Å². The predicted molar refractivity (Wildman–Crippen MR) is 50.4 cm³/mol. The Hall–Kier alpha value is -0.120. The fourth-order valence-electron chi connectivity index (χ4n) is 1.78. The molecule has 0 aliphatic carbocycles. The summed E-state index contributed by atoms with van der Waals surface area (Å²) in [7, 11) is 1.78. The molecule has 0 radical (unpaired) electrons. The zero-order valence-corrected chi connectivity index (χ0v) is 8.34. The molecule has 1 heterocycles. The number of nitrogens with one attached hydrogen (secondary N) is 1. The number of hydrogen-bond acceptors (Lipinski definition) is 3. The zero-order valence-electron chi connectivity index (χ0n) is 8.34. The van der Waals surface area contributed by atoms with Crippen LogP contribution in [0.1, 0.15) is 13.8 Å². The van der Waals surface area contributed by atoms with E-state index in [0.29, 0.717) is 12.1 Å². The van der Waals surface area contributed by atoms with Crippen molar-refractivity contribution in [3.63, 3.8) is 0 Å². The third-order valence-electron chi connectivity index (χ3n) is 2.72. The summed E-state index contributed by atoms with van der Waals surface area (Å²) in [4.78, 5) is 2.48. The van der Waals surface area contributed by atoms with Crippen LogP contribution in [0.3, 0.4) is 0 Å². The summed E-state index contributed by atoms with van der Waals surface area (Å²) < 4.78 is 5.34. The van der Waals surface area contributed by atoms with E-state index in [9.17, 15) is 0 Å². The van der Waals surface area contributed by atoms with Crippen molar-refractivity contribution in [2.45, 2.75) is 26.0 Å². The van der Waals surface area contributed by atoms with Crippen LogP contribution in [0.15, 0.2) is 0 Å². The summed E-state index contributed by atoms with van der Waals surface area (Å²) in [6.07, 6.45) is 0.331. The molecule has 1 saturated heterocycles. The van der Waals surface area contributed by atoms with Crippen LogP contribution in [0.4, 0.5) is 0 Å². The second kappa shape index (κ2) is 4.80. The van der Waals surface area contributed by atoms with Crippen LogP contribution in [-0.4, -0.2) is 50.3 Å². The average Bonchev–Trinajstić information content (AvgIpc) is 2.16. The molecule has 3 nitrogen and oxygen atoms in total. The lowest BCUT2D eigenvalue weighted by Crippen LogP contribution is -2.55. The van der Waals surface area contributed by atoms with E-state index in [4.69, 9.17) is 4.74 Å². The number of ether oxygens (including phenoxy) is 1. The topological polar surface area (TPSA) is 24.5 Å². The minimum atomic E-state index is 0.331. The minimum absolute atomic E-state index is 0.331. The number of piperazine rings is 1. The lowest BCUT2D eigenvalue weighted by Gasteiger charge is -2.38. The minimum Gasteiger partial charge on any atom is -0.380 e. The van der Waals surface area contributed by atoms with Gasteiger partial charge in [-0.25, -0.2) is 0 Å². The number of likely N-dealkylation sites (N-methyl/N-ethyl adjacent to an activating group) is 1. The Morgan fingerprint density at radius 1 is 1.67 bits per heavy atom. The van der Waals surface area contributed by atoms with Gasteiger partial charge >= 0.3 is 0 Å². The van der Waals surface area contributed by atoms with Gasteiger partial charge in [-0.15, -0.1) is 0 Å². The van der Waals surface area contributed by atoms with Crippen molar-refractivity contribution < 1.29 is 4.74 Å². The Labute approximate surface area is 75.1 Å². The van der Waals surface area contributed by atoms with Crippen molar-refractivity contribution in [1.29, 1.82) is 0 Å². The van der Waals surface area contributed by atoms with Gasteiger partial charge in [-0.2, -0.15) is 0 Å². The number of nitrogens with zero attached hydrogens (tertiary/aromatic N) is 1. The molecule has 1 aliphatic rings. The van der Waals surface area contributed by atoms with Gasteiger partial charge in [-0.05, 0) is 13.5 Å². The summed E-state index contributed by atoms with van der Waals surface area (Å²) >= 11 is 0. The van der Waals surface area contributed by atoms with Crippen molar-refractivity contribution in [3.8, 4) is 0 Å². The Morgan fingerprint density at radius 2 is 2.42 bits per heavy atom. The molecule has 0 spiro atoms. The maximum Gasteiger partial charge on any atom is 0.0710 e. The largest absolute Gasteiger partial charge is 0.380 e. The first-order valence-electron chi connectivity index (χ1n) is 4.77. The molecular weight excluding hydrogens is 152 g/mol. The molecule has 1 rings (SSSR count). The number of methoxy groups -OCH3 is 1. The van der Waals surface area contributed by atoms with Gasteiger partial charge in [-0.3, -0.25) is 4.90 Å². The van der Waals surface area contributed by atoms with Crippen molar-refractivity contribution in [2.75, 3.05) is 33.3 Å². The number of rotatable bonds is 3. The Balaban J connectivity index is 2.46. The predicted octanol–water partition coefficient (Wildman–Crippen LogP) is 0.315. The molecule has 1 fully saturated rings. The Morgan fingerprint density at radius 3 is 3.00 bits per heavy atom. The maximum absolute atomic E-state index is 5.34. The van der Waals surface area contributed by atoms with Gasteiger partial charge in [0.05, 0.1) is 6.10 Å². The molecule has 0 amide bonds. The van der Waals surface area contributed by atoms with Crippen LogP contribution in [0.2, 0.25) is 0 Å². The Kier molecular flexibility index (Phi) is 3.98. The summed E-state index contributed by atoms with van der Waals surface area (Å²) in [5, 5.41) is 3.39. The van der Waals surface area contributed by atoms with Gasteiger partial charge in [0, 0.05) is 32.8 Å². The molecule has 12 heavy (non-hydrogen) atoms. The third kappa shape index (κ3) is 2.19. The molecule has 2 atom stereocenters. The molecular formula is C9H20N2O. The first-order chi connectivity index (χ1) is 5.79. The molecule has 0 aromatic carbocycles. The van der Waals surface area contributed by atoms with Gasteiger partial charge in [0.15, 0.2) is 0 Å².